The predicted molar refractivity (Wildman–Crippen MR) is 144 cm³/mol. The Hall–Kier alpha value is -4.52. The minimum Gasteiger partial charge on any atom is -0.342 e. The molecule has 7 nitrogen and oxygen atoms in total. The number of carbonyl (C=O) groups excluding carboxylic acids is 1. The first-order valence-corrected chi connectivity index (χ1v) is 12.6. The van der Waals surface area contributed by atoms with Crippen LogP contribution in [0.3, 0.4) is 0 Å². The molecule has 0 radical (unpaired) electrons. The van der Waals surface area contributed by atoms with Crippen molar-refractivity contribution in [3.63, 3.8) is 0 Å². The largest absolute Gasteiger partial charge is 0.342 e. The maximum absolute atomic E-state index is 13.9. The molecule has 3 aromatic carbocycles. The lowest BCUT2D eigenvalue weighted by atomic mass is 9.93. The number of aromatic nitrogens is 4. The Bertz CT molecular complexity index is 1630. The Morgan fingerprint density at radius 1 is 0.919 bits per heavy atom. The van der Waals surface area contributed by atoms with Crippen molar-refractivity contribution in [1.82, 2.24) is 25.1 Å². The zero-order valence-electron chi connectivity index (χ0n) is 20.6. The third kappa shape index (κ3) is 4.33. The fourth-order valence-electron chi connectivity index (χ4n) is 5.20. The van der Waals surface area contributed by atoms with Gasteiger partial charge < -0.3 is 9.88 Å². The number of rotatable bonds is 4. The van der Waals surface area contributed by atoms with Crippen molar-refractivity contribution in [3.05, 3.63) is 106 Å². The molecule has 37 heavy (non-hydrogen) atoms. The van der Waals surface area contributed by atoms with Gasteiger partial charge in [0.05, 0.1) is 16.7 Å². The highest BCUT2D eigenvalue weighted by molar-refractivity contribution is 6.03. The highest BCUT2D eigenvalue weighted by atomic mass is 16.2. The van der Waals surface area contributed by atoms with Crippen molar-refractivity contribution in [1.29, 1.82) is 0 Å². The Labute approximate surface area is 214 Å². The SMILES string of the molecule is Cc1ccc2nc(C3CCN(C(=O)c4c(-c5ccccc5)c(-c5ccccc5)n[nH]c4=O)CC3)[nH]c2c1. The summed E-state index contributed by atoms with van der Waals surface area (Å²) < 4.78 is 0. The summed E-state index contributed by atoms with van der Waals surface area (Å²) in [4.78, 5) is 37.0. The standard InChI is InChI=1S/C30H27N5O2/c1-19-12-13-23-24(18-19)32-28(31-23)22-14-16-35(17-15-22)30(37)26-25(20-8-4-2-5-9-20)27(33-34-29(26)36)21-10-6-3-7-11-21/h2-13,18,22H,14-17H2,1H3,(H,31,32)(H,34,36). The van der Waals surface area contributed by atoms with Crippen molar-refractivity contribution in [2.24, 2.45) is 0 Å². The molecule has 0 spiro atoms. The van der Waals surface area contributed by atoms with E-state index in [2.05, 4.69) is 34.2 Å². The van der Waals surface area contributed by atoms with Crippen molar-refractivity contribution in [2.45, 2.75) is 25.7 Å². The van der Waals surface area contributed by atoms with Gasteiger partial charge in [-0.2, -0.15) is 5.10 Å². The van der Waals surface area contributed by atoms with Crippen LogP contribution in [0.15, 0.2) is 83.7 Å². The minimum absolute atomic E-state index is 0.137. The van der Waals surface area contributed by atoms with Crippen molar-refractivity contribution < 1.29 is 4.79 Å². The first kappa shape index (κ1) is 22.9. The van der Waals surface area contributed by atoms with Gasteiger partial charge >= 0.3 is 0 Å². The molecule has 184 valence electrons. The van der Waals surface area contributed by atoms with Gasteiger partial charge in [-0.1, -0.05) is 66.7 Å². The van der Waals surface area contributed by atoms with Crippen LogP contribution in [-0.4, -0.2) is 44.1 Å². The number of fused-ring (bicyclic) bond motifs is 1. The molecule has 0 saturated carbocycles. The van der Waals surface area contributed by atoms with Crippen molar-refractivity contribution in [3.8, 4) is 22.4 Å². The molecule has 1 saturated heterocycles. The molecule has 0 bridgehead atoms. The second-order valence-corrected chi connectivity index (χ2v) is 9.59. The second kappa shape index (κ2) is 9.50. The van der Waals surface area contributed by atoms with E-state index in [1.54, 1.807) is 4.90 Å². The third-order valence-corrected chi connectivity index (χ3v) is 7.13. The van der Waals surface area contributed by atoms with E-state index in [1.165, 1.54) is 5.56 Å². The summed E-state index contributed by atoms with van der Waals surface area (Å²) in [6.45, 7) is 3.17. The summed E-state index contributed by atoms with van der Waals surface area (Å²) in [5.41, 5.74) is 5.63. The summed E-state index contributed by atoms with van der Waals surface area (Å²) in [6.07, 6.45) is 1.56. The van der Waals surface area contributed by atoms with Gasteiger partial charge in [-0.05, 0) is 43.0 Å². The minimum atomic E-state index is -0.474. The van der Waals surface area contributed by atoms with E-state index >= 15 is 0 Å². The number of imidazole rings is 1. The summed E-state index contributed by atoms with van der Waals surface area (Å²) >= 11 is 0. The molecule has 0 unspecified atom stereocenters. The number of piperidine rings is 1. The summed E-state index contributed by atoms with van der Waals surface area (Å²) in [5.74, 6) is 0.935. The van der Waals surface area contributed by atoms with E-state index in [4.69, 9.17) is 4.98 Å². The van der Waals surface area contributed by atoms with Gasteiger partial charge in [-0.3, -0.25) is 9.59 Å². The number of benzene rings is 3. The van der Waals surface area contributed by atoms with E-state index < -0.39 is 5.56 Å². The molecule has 0 aliphatic carbocycles. The van der Waals surface area contributed by atoms with Gasteiger partial charge in [-0.15, -0.1) is 0 Å². The monoisotopic (exact) mass is 489 g/mol. The zero-order valence-corrected chi connectivity index (χ0v) is 20.6. The highest BCUT2D eigenvalue weighted by Gasteiger charge is 2.30. The Morgan fingerprint density at radius 2 is 1.59 bits per heavy atom. The Kier molecular flexibility index (Phi) is 5.88. The summed E-state index contributed by atoms with van der Waals surface area (Å²) in [7, 11) is 0. The number of likely N-dealkylation sites (tertiary alicyclic amines) is 1. The summed E-state index contributed by atoms with van der Waals surface area (Å²) in [6, 6.07) is 25.4. The number of amides is 1. The molecule has 0 atom stereocenters. The maximum atomic E-state index is 13.9. The van der Waals surface area contributed by atoms with Crippen LogP contribution in [0, 0.1) is 6.92 Å². The van der Waals surface area contributed by atoms with Crippen molar-refractivity contribution >= 4 is 16.9 Å². The molecular weight excluding hydrogens is 462 g/mol. The summed E-state index contributed by atoms with van der Waals surface area (Å²) in [5, 5.41) is 6.95. The smallest absolute Gasteiger partial charge is 0.277 e. The van der Waals surface area contributed by atoms with E-state index in [1.807, 2.05) is 66.7 Å². The van der Waals surface area contributed by atoms with Gasteiger partial charge in [0.15, 0.2) is 0 Å². The van der Waals surface area contributed by atoms with Gasteiger partial charge in [0, 0.05) is 30.1 Å². The van der Waals surface area contributed by atoms with Crippen LogP contribution in [0.2, 0.25) is 0 Å². The lowest BCUT2D eigenvalue weighted by Gasteiger charge is -2.31. The highest BCUT2D eigenvalue weighted by Crippen LogP contribution is 2.34. The topological polar surface area (TPSA) is 94.7 Å². The molecule has 1 aliphatic heterocycles. The Balaban J connectivity index is 1.32. The van der Waals surface area contributed by atoms with Crippen LogP contribution in [0.4, 0.5) is 0 Å². The molecule has 1 fully saturated rings. The van der Waals surface area contributed by atoms with Crippen LogP contribution in [0.1, 0.15) is 40.5 Å². The van der Waals surface area contributed by atoms with Gasteiger partial charge in [-0.25, -0.2) is 10.1 Å². The number of aryl methyl sites for hydroxylation is 1. The van der Waals surface area contributed by atoms with Crippen LogP contribution >= 0.6 is 0 Å². The molecule has 5 aromatic rings. The van der Waals surface area contributed by atoms with Crippen molar-refractivity contribution in [2.75, 3.05) is 13.1 Å². The van der Waals surface area contributed by atoms with Crippen LogP contribution in [0.5, 0.6) is 0 Å². The van der Waals surface area contributed by atoms with E-state index in [-0.39, 0.29) is 17.4 Å². The number of aromatic amines is 2. The molecule has 2 aromatic heterocycles. The number of H-pyrrole nitrogens is 2. The molecule has 1 amide bonds. The predicted octanol–water partition coefficient (Wildman–Crippen LogP) is 5.31. The molecular formula is C30H27N5O2. The van der Waals surface area contributed by atoms with Crippen LogP contribution in [0.25, 0.3) is 33.4 Å². The average molecular weight is 490 g/mol. The van der Waals surface area contributed by atoms with Crippen LogP contribution in [-0.2, 0) is 0 Å². The third-order valence-electron chi connectivity index (χ3n) is 7.13. The van der Waals surface area contributed by atoms with Crippen LogP contribution < -0.4 is 5.56 Å². The lowest BCUT2D eigenvalue weighted by molar-refractivity contribution is 0.0710. The number of hydrogen-bond acceptors (Lipinski definition) is 4. The van der Waals surface area contributed by atoms with Gasteiger partial charge in [0.1, 0.15) is 11.4 Å². The van der Waals surface area contributed by atoms with E-state index in [0.717, 1.165) is 40.8 Å². The van der Waals surface area contributed by atoms with E-state index in [0.29, 0.717) is 24.3 Å². The average Bonchev–Trinajstić information content (AvgIpc) is 3.37. The normalized spacial score (nSPS) is 14.2. The lowest BCUT2D eigenvalue weighted by Crippen LogP contribution is -2.41. The van der Waals surface area contributed by atoms with Gasteiger partial charge in [0.2, 0.25) is 0 Å². The second-order valence-electron chi connectivity index (χ2n) is 9.59. The van der Waals surface area contributed by atoms with E-state index in [9.17, 15) is 9.59 Å². The molecule has 1 aliphatic rings. The quantitative estimate of drug-likeness (QED) is 0.358. The number of nitrogens with zero attached hydrogens (tertiary/aromatic N) is 3. The van der Waals surface area contributed by atoms with Gasteiger partial charge in [0.25, 0.3) is 11.5 Å². The molecule has 2 N–H and O–H groups in total. The number of carbonyl (C=O) groups is 1. The molecule has 7 heteroatoms. The maximum Gasteiger partial charge on any atom is 0.277 e. The first-order chi connectivity index (χ1) is 18.1. The zero-order chi connectivity index (χ0) is 25.4. The Morgan fingerprint density at radius 3 is 2.30 bits per heavy atom. The molecule has 3 heterocycles. The fraction of sp³-hybridized carbons (Fsp3) is 0.200. The molecule has 6 rings (SSSR count). The fourth-order valence-corrected chi connectivity index (χ4v) is 5.20. The number of nitrogens with one attached hydrogen (secondary N) is 2. The first-order valence-electron chi connectivity index (χ1n) is 12.6. The number of hydrogen-bond donors (Lipinski definition) is 2.